The minimum absolute atomic E-state index is 0.0532. The second-order valence-corrected chi connectivity index (χ2v) is 11.0. The normalized spacial score (nSPS) is 11.3. The van der Waals surface area contributed by atoms with Crippen LogP contribution in [0.5, 0.6) is 0 Å². The van der Waals surface area contributed by atoms with E-state index in [1.807, 2.05) is 6.07 Å². The van der Waals surface area contributed by atoms with Crippen LogP contribution in [0.25, 0.3) is 0 Å². The molecule has 0 radical (unpaired) electrons. The van der Waals surface area contributed by atoms with Gasteiger partial charge in [-0.2, -0.15) is 11.8 Å². The maximum atomic E-state index is 13.7. The predicted octanol–water partition coefficient (Wildman–Crippen LogP) is 5.42. The minimum atomic E-state index is -3.99. The first-order valence-electron chi connectivity index (χ1n) is 10.7. The Kier molecular flexibility index (Phi) is 9.38. The van der Waals surface area contributed by atoms with Crippen LogP contribution in [-0.2, 0) is 20.6 Å². The Labute approximate surface area is 209 Å². The maximum absolute atomic E-state index is 13.7. The van der Waals surface area contributed by atoms with Gasteiger partial charge in [-0.05, 0) is 66.6 Å². The summed E-state index contributed by atoms with van der Waals surface area (Å²) in [7, 11) is -3.99. The average molecular weight is 521 g/mol. The summed E-state index contributed by atoms with van der Waals surface area (Å²) < 4.78 is 41.5. The van der Waals surface area contributed by atoms with Crippen molar-refractivity contribution in [3.8, 4) is 0 Å². The van der Waals surface area contributed by atoms with Gasteiger partial charge in [-0.15, -0.1) is 0 Å². The quantitative estimate of drug-likeness (QED) is 0.343. The Morgan fingerprint density at radius 1 is 1.03 bits per heavy atom. The third kappa shape index (κ3) is 6.98. The number of thioether (sulfide) groups is 1. The number of para-hydroxylation sites is 1. The lowest BCUT2D eigenvalue weighted by molar-refractivity contribution is -0.119. The number of sulfonamides is 1. The van der Waals surface area contributed by atoms with E-state index in [1.165, 1.54) is 30.3 Å². The zero-order chi connectivity index (χ0) is 24.6. The number of benzene rings is 3. The third-order valence-electron chi connectivity index (χ3n) is 5.08. The van der Waals surface area contributed by atoms with E-state index in [9.17, 15) is 17.6 Å². The predicted molar refractivity (Wildman–Crippen MR) is 137 cm³/mol. The van der Waals surface area contributed by atoms with Crippen molar-refractivity contribution in [1.29, 1.82) is 0 Å². The van der Waals surface area contributed by atoms with E-state index >= 15 is 0 Å². The molecule has 0 spiro atoms. The fourth-order valence-corrected chi connectivity index (χ4v) is 5.82. The molecule has 0 aliphatic rings. The monoisotopic (exact) mass is 520 g/mol. The number of rotatable bonds is 11. The van der Waals surface area contributed by atoms with E-state index in [-0.39, 0.29) is 17.3 Å². The molecule has 0 unspecified atom stereocenters. The molecular weight excluding hydrogens is 495 g/mol. The molecule has 1 amide bonds. The first-order valence-corrected chi connectivity index (χ1v) is 13.7. The van der Waals surface area contributed by atoms with E-state index in [0.717, 1.165) is 15.6 Å². The fraction of sp³-hybridized carbons (Fsp3) is 0.240. The standard InChI is InChI=1S/C25H26ClFN2O3S2/c1-19-7-2-5-10-24(19)29(34(31,32)22-13-11-21(26)12-14-22)17-25(30)28-15-6-16-33-18-20-8-3-4-9-23(20)27/h2-5,7-14H,6,15-18H2,1H3,(H,28,30). The van der Waals surface area contributed by atoms with Crippen molar-refractivity contribution in [3.63, 3.8) is 0 Å². The Bertz CT molecular complexity index is 1220. The number of carbonyl (C=O) groups excluding carboxylic acids is 1. The molecule has 9 heteroatoms. The number of amides is 1. The number of nitrogens with one attached hydrogen (secondary N) is 1. The molecule has 3 aromatic rings. The SMILES string of the molecule is Cc1ccccc1N(CC(=O)NCCCSCc1ccccc1F)S(=O)(=O)c1ccc(Cl)cc1. The number of carbonyl (C=O) groups is 1. The lowest BCUT2D eigenvalue weighted by Crippen LogP contribution is -2.41. The van der Waals surface area contributed by atoms with Gasteiger partial charge >= 0.3 is 0 Å². The van der Waals surface area contributed by atoms with Gasteiger partial charge in [0.2, 0.25) is 5.91 Å². The van der Waals surface area contributed by atoms with Crippen LogP contribution < -0.4 is 9.62 Å². The number of aryl methyl sites for hydroxylation is 1. The molecule has 180 valence electrons. The number of halogens is 2. The van der Waals surface area contributed by atoms with Crippen molar-refractivity contribution in [1.82, 2.24) is 5.32 Å². The first kappa shape index (κ1) is 26.1. The summed E-state index contributed by atoms with van der Waals surface area (Å²) in [4.78, 5) is 12.7. The highest BCUT2D eigenvalue weighted by atomic mass is 35.5. The van der Waals surface area contributed by atoms with Crippen molar-refractivity contribution >= 4 is 45.0 Å². The Balaban J connectivity index is 1.60. The van der Waals surface area contributed by atoms with Gasteiger partial charge < -0.3 is 5.32 Å². The van der Waals surface area contributed by atoms with E-state index in [4.69, 9.17) is 11.6 Å². The number of hydrogen-bond donors (Lipinski definition) is 1. The topological polar surface area (TPSA) is 66.5 Å². The van der Waals surface area contributed by atoms with Gasteiger partial charge in [-0.1, -0.05) is 48.0 Å². The smallest absolute Gasteiger partial charge is 0.264 e. The Morgan fingerprint density at radius 2 is 1.71 bits per heavy atom. The van der Waals surface area contributed by atoms with Crippen LogP contribution in [0.4, 0.5) is 10.1 Å². The molecule has 0 fully saturated rings. The largest absolute Gasteiger partial charge is 0.354 e. The number of nitrogens with zero attached hydrogens (tertiary/aromatic N) is 1. The molecular formula is C25H26ClFN2O3S2. The van der Waals surface area contributed by atoms with Crippen molar-refractivity contribution in [3.05, 3.63) is 94.8 Å². The molecule has 1 N–H and O–H groups in total. The highest BCUT2D eigenvalue weighted by molar-refractivity contribution is 7.98. The van der Waals surface area contributed by atoms with Crippen molar-refractivity contribution in [2.75, 3.05) is 23.1 Å². The summed E-state index contributed by atoms with van der Waals surface area (Å²) in [5.74, 6) is 0.668. The Morgan fingerprint density at radius 3 is 2.41 bits per heavy atom. The summed E-state index contributed by atoms with van der Waals surface area (Å²) >= 11 is 7.49. The number of hydrogen-bond acceptors (Lipinski definition) is 4. The van der Waals surface area contributed by atoms with Gasteiger partial charge in [0.15, 0.2) is 0 Å². The molecule has 3 aromatic carbocycles. The molecule has 5 nitrogen and oxygen atoms in total. The van der Waals surface area contributed by atoms with Crippen LogP contribution >= 0.6 is 23.4 Å². The highest BCUT2D eigenvalue weighted by Crippen LogP contribution is 2.27. The molecule has 0 atom stereocenters. The van der Waals surface area contributed by atoms with Crippen molar-refractivity contribution in [2.24, 2.45) is 0 Å². The zero-order valence-corrected chi connectivity index (χ0v) is 21.1. The maximum Gasteiger partial charge on any atom is 0.264 e. The molecule has 3 rings (SSSR count). The highest BCUT2D eigenvalue weighted by Gasteiger charge is 2.28. The Hall–Kier alpha value is -2.55. The molecule has 0 aliphatic heterocycles. The number of anilines is 1. The third-order valence-corrected chi connectivity index (χ3v) is 8.19. The molecule has 0 aromatic heterocycles. The van der Waals surface area contributed by atoms with Crippen LogP contribution in [0.2, 0.25) is 5.02 Å². The van der Waals surface area contributed by atoms with Gasteiger partial charge in [0.05, 0.1) is 10.6 Å². The van der Waals surface area contributed by atoms with E-state index in [2.05, 4.69) is 5.32 Å². The average Bonchev–Trinajstić information content (AvgIpc) is 2.81. The lowest BCUT2D eigenvalue weighted by Gasteiger charge is -2.25. The van der Waals surface area contributed by atoms with E-state index in [1.54, 1.807) is 55.1 Å². The molecule has 0 saturated heterocycles. The minimum Gasteiger partial charge on any atom is -0.354 e. The lowest BCUT2D eigenvalue weighted by atomic mass is 10.2. The van der Waals surface area contributed by atoms with Crippen molar-refractivity contribution in [2.45, 2.75) is 24.0 Å². The summed E-state index contributed by atoms with van der Waals surface area (Å²) in [5.41, 5.74) is 1.82. The molecule has 0 aliphatic carbocycles. The van der Waals surface area contributed by atoms with Crippen LogP contribution in [-0.4, -0.2) is 33.2 Å². The summed E-state index contributed by atoms with van der Waals surface area (Å²) in [6, 6.07) is 19.5. The van der Waals surface area contributed by atoms with Gasteiger partial charge in [-0.3, -0.25) is 9.10 Å². The molecule has 0 bridgehead atoms. The van der Waals surface area contributed by atoms with Crippen LogP contribution in [0.1, 0.15) is 17.5 Å². The molecule has 0 heterocycles. The summed E-state index contributed by atoms with van der Waals surface area (Å²) in [5, 5.41) is 3.21. The van der Waals surface area contributed by atoms with Crippen LogP contribution in [0, 0.1) is 12.7 Å². The van der Waals surface area contributed by atoms with Crippen LogP contribution in [0.15, 0.2) is 77.7 Å². The van der Waals surface area contributed by atoms with Gasteiger partial charge in [0.1, 0.15) is 12.4 Å². The van der Waals surface area contributed by atoms with Gasteiger partial charge in [0, 0.05) is 17.3 Å². The fourth-order valence-electron chi connectivity index (χ4n) is 3.26. The zero-order valence-electron chi connectivity index (χ0n) is 18.7. The first-order chi connectivity index (χ1) is 16.3. The summed E-state index contributed by atoms with van der Waals surface area (Å²) in [6.45, 7) is 1.84. The molecule has 0 saturated carbocycles. The second kappa shape index (κ2) is 12.2. The van der Waals surface area contributed by atoms with Gasteiger partial charge in [0.25, 0.3) is 10.0 Å². The van der Waals surface area contributed by atoms with Crippen molar-refractivity contribution < 1.29 is 17.6 Å². The second-order valence-electron chi connectivity index (χ2n) is 7.60. The molecule has 34 heavy (non-hydrogen) atoms. The van der Waals surface area contributed by atoms with E-state index < -0.39 is 15.9 Å². The van der Waals surface area contributed by atoms with E-state index in [0.29, 0.717) is 35.0 Å². The van der Waals surface area contributed by atoms with Crippen LogP contribution in [0.3, 0.4) is 0 Å². The van der Waals surface area contributed by atoms with Gasteiger partial charge in [-0.25, -0.2) is 12.8 Å². The summed E-state index contributed by atoms with van der Waals surface area (Å²) in [6.07, 6.45) is 0.680.